The third-order valence-corrected chi connectivity index (χ3v) is 2.33. The quantitative estimate of drug-likeness (QED) is 0.333. The summed E-state index contributed by atoms with van der Waals surface area (Å²) in [5, 5.41) is 3.63. The van der Waals surface area contributed by atoms with Gasteiger partial charge in [0.15, 0.2) is 0 Å². The van der Waals surface area contributed by atoms with Crippen LogP contribution in [0.4, 0.5) is 0 Å². The van der Waals surface area contributed by atoms with Gasteiger partial charge in [-0.25, -0.2) is 5.43 Å². The molecule has 0 radical (unpaired) electrons. The van der Waals surface area contributed by atoms with Crippen LogP contribution >= 0.6 is 0 Å². The van der Waals surface area contributed by atoms with Crippen molar-refractivity contribution in [3.63, 3.8) is 0 Å². The summed E-state index contributed by atoms with van der Waals surface area (Å²) in [6.45, 7) is 3.81. The summed E-state index contributed by atoms with van der Waals surface area (Å²) in [5.74, 6) is 0. The SMILES string of the molecule is CC(N=[N+]=[N-])C1CC[C@@](C)(N)NN1. The van der Waals surface area contributed by atoms with Crippen molar-refractivity contribution >= 4 is 0 Å². The zero-order valence-electron chi connectivity index (χ0n) is 7.99. The van der Waals surface area contributed by atoms with E-state index in [0.717, 1.165) is 12.8 Å². The third-order valence-electron chi connectivity index (χ3n) is 2.33. The first kappa shape index (κ1) is 10.3. The summed E-state index contributed by atoms with van der Waals surface area (Å²) < 4.78 is 0. The van der Waals surface area contributed by atoms with E-state index in [1.165, 1.54) is 0 Å². The summed E-state index contributed by atoms with van der Waals surface area (Å²) in [7, 11) is 0. The molecule has 0 aromatic heterocycles. The van der Waals surface area contributed by atoms with Gasteiger partial charge in [-0.2, -0.15) is 0 Å². The molecule has 0 saturated carbocycles. The monoisotopic (exact) mass is 184 g/mol. The minimum atomic E-state index is -0.355. The number of azide groups is 1. The van der Waals surface area contributed by atoms with Gasteiger partial charge in [0.25, 0.3) is 0 Å². The van der Waals surface area contributed by atoms with Crippen molar-refractivity contribution < 1.29 is 0 Å². The zero-order valence-corrected chi connectivity index (χ0v) is 7.99. The molecule has 74 valence electrons. The second-order valence-electron chi connectivity index (χ2n) is 3.78. The average molecular weight is 184 g/mol. The van der Waals surface area contributed by atoms with Crippen LogP contribution in [0, 0.1) is 0 Å². The van der Waals surface area contributed by atoms with Crippen molar-refractivity contribution in [2.75, 3.05) is 0 Å². The number of nitrogens with zero attached hydrogens (tertiary/aromatic N) is 3. The Labute approximate surface area is 77.5 Å². The van der Waals surface area contributed by atoms with Crippen LogP contribution in [0.15, 0.2) is 5.11 Å². The van der Waals surface area contributed by atoms with Gasteiger partial charge in [0.05, 0.1) is 11.7 Å². The molecule has 0 aromatic carbocycles. The molecule has 6 heteroatoms. The van der Waals surface area contributed by atoms with Crippen molar-refractivity contribution in [1.82, 2.24) is 10.9 Å². The fourth-order valence-corrected chi connectivity index (χ4v) is 1.37. The summed E-state index contributed by atoms with van der Waals surface area (Å²) in [6, 6.07) is 0.126. The third kappa shape index (κ3) is 2.86. The van der Waals surface area contributed by atoms with Gasteiger partial charge in [-0.1, -0.05) is 12.0 Å². The van der Waals surface area contributed by atoms with E-state index in [4.69, 9.17) is 11.3 Å². The molecule has 13 heavy (non-hydrogen) atoms. The first-order valence-corrected chi connectivity index (χ1v) is 4.41. The first-order chi connectivity index (χ1) is 6.05. The van der Waals surface area contributed by atoms with Crippen molar-refractivity contribution in [1.29, 1.82) is 0 Å². The molecule has 0 aromatic rings. The fraction of sp³-hybridized carbons (Fsp3) is 1.00. The van der Waals surface area contributed by atoms with E-state index < -0.39 is 0 Å². The zero-order chi connectivity index (χ0) is 9.90. The first-order valence-electron chi connectivity index (χ1n) is 4.41. The van der Waals surface area contributed by atoms with Crippen LogP contribution in [-0.2, 0) is 0 Å². The summed E-state index contributed by atoms with van der Waals surface area (Å²) in [4.78, 5) is 2.77. The number of nitrogens with one attached hydrogen (secondary N) is 2. The molecule has 1 aliphatic rings. The number of hydrogen-bond donors (Lipinski definition) is 3. The van der Waals surface area contributed by atoms with Crippen LogP contribution in [0.2, 0.25) is 0 Å². The maximum absolute atomic E-state index is 8.26. The summed E-state index contributed by atoms with van der Waals surface area (Å²) in [6.07, 6.45) is 1.79. The highest BCUT2D eigenvalue weighted by molar-refractivity contribution is 4.88. The van der Waals surface area contributed by atoms with Crippen LogP contribution < -0.4 is 16.6 Å². The molecule has 2 unspecified atom stereocenters. The molecule has 0 bridgehead atoms. The highest BCUT2D eigenvalue weighted by atomic mass is 15.5. The Morgan fingerprint density at radius 1 is 1.77 bits per heavy atom. The molecule has 6 nitrogen and oxygen atoms in total. The minimum Gasteiger partial charge on any atom is -0.313 e. The average Bonchev–Trinajstić information content (AvgIpc) is 2.04. The molecular weight excluding hydrogens is 168 g/mol. The van der Waals surface area contributed by atoms with Gasteiger partial charge < -0.3 is 5.73 Å². The van der Waals surface area contributed by atoms with Crippen LogP contribution in [0.1, 0.15) is 26.7 Å². The highest BCUT2D eigenvalue weighted by Gasteiger charge is 2.28. The summed E-state index contributed by atoms with van der Waals surface area (Å²) in [5.41, 5.74) is 19.8. The van der Waals surface area contributed by atoms with Crippen LogP contribution in [-0.4, -0.2) is 17.7 Å². The molecule has 1 saturated heterocycles. The van der Waals surface area contributed by atoms with Crippen LogP contribution in [0.25, 0.3) is 10.4 Å². The number of rotatable bonds is 2. The summed E-state index contributed by atoms with van der Waals surface area (Å²) >= 11 is 0. The molecular formula is C7H16N6. The maximum Gasteiger partial charge on any atom is 0.0764 e. The molecule has 0 amide bonds. The Balaban J connectivity index is 2.45. The standard InChI is InChI=1S/C7H16N6/c1-5(10-13-9)6-3-4-7(2,8)12-11-6/h5-6,11-12H,3-4,8H2,1-2H3/t5?,6?,7-/m0/s1. The lowest BCUT2D eigenvalue weighted by Crippen LogP contribution is -2.64. The van der Waals surface area contributed by atoms with E-state index in [1.807, 2.05) is 13.8 Å². The predicted octanol–water partition coefficient (Wildman–Crippen LogP) is 0.617. The number of hydrazine groups is 1. The van der Waals surface area contributed by atoms with E-state index >= 15 is 0 Å². The molecule has 1 fully saturated rings. The second-order valence-corrected chi connectivity index (χ2v) is 3.78. The van der Waals surface area contributed by atoms with Gasteiger partial charge in [0.2, 0.25) is 0 Å². The lowest BCUT2D eigenvalue weighted by atomic mass is 9.97. The topological polar surface area (TPSA) is 98.8 Å². The maximum atomic E-state index is 8.26. The van der Waals surface area contributed by atoms with E-state index in [1.54, 1.807) is 0 Å². The Morgan fingerprint density at radius 3 is 2.92 bits per heavy atom. The molecule has 1 aliphatic heterocycles. The van der Waals surface area contributed by atoms with Crippen molar-refractivity contribution in [3.8, 4) is 0 Å². The lowest BCUT2D eigenvalue weighted by Gasteiger charge is -2.37. The Hall–Kier alpha value is -0.810. The van der Waals surface area contributed by atoms with Crippen molar-refractivity contribution in [2.24, 2.45) is 10.8 Å². The van der Waals surface area contributed by atoms with Gasteiger partial charge in [-0.15, -0.1) is 0 Å². The molecule has 1 heterocycles. The predicted molar refractivity (Wildman–Crippen MR) is 50.5 cm³/mol. The van der Waals surface area contributed by atoms with Crippen LogP contribution in [0.3, 0.4) is 0 Å². The van der Waals surface area contributed by atoms with Gasteiger partial charge >= 0.3 is 0 Å². The Morgan fingerprint density at radius 2 is 2.46 bits per heavy atom. The molecule has 0 aliphatic carbocycles. The van der Waals surface area contributed by atoms with Gasteiger partial charge in [-0.05, 0) is 25.3 Å². The smallest absolute Gasteiger partial charge is 0.0764 e. The number of nitrogens with two attached hydrogens (primary N) is 1. The molecule has 0 spiro atoms. The van der Waals surface area contributed by atoms with Gasteiger partial charge in [0.1, 0.15) is 0 Å². The number of hydrogen-bond acceptors (Lipinski definition) is 4. The largest absolute Gasteiger partial charge is 0.313 e. The van der Waals surface area contributed by atoms with Crippen LogP contribution in [0.5, 0.6) is 0 Å². The highest BCUT2D eigenvalue weighted by Crippen LogP contribution is 2.15. The lowest BCUT2D eigenvalue weighted by molar-refractivity contribution is 0.184. The molecule has 4 N–H and O–H groups in total. The molecule has 3 atom stereocenters. The van der Waals surface area contributed by atoms with E-state index in [9.17, 15) is 0 Å². The van der Waals surface area contributed by atoms with E-state index in [0.29, 0.717) is 0 Å². The second kappa shape index (κ2) is 3.93. The minimum absolute atomic E-state index is 0.0476. The fourth-order valence-electron chi connectivity index (χ4n) is 1.37. The van der Waals surface area contributed by atoms with Crippen molar-refractivity contribution in [3.05, 3.63) is 10.4 Å². The van der Waals surface area contributed by atoms with Crippen molar-refractivity contribution in [2.45, 2.75) is 44.4 Å². The Kier molecular flexibility index (Phi) is 3.11. The van der Waals surface area contributed by atoms with E-state index in [2.05, 4.69) is 20.9 Å². The Bertz CT molecular complexity index is 209. The molecule has 1 rings (SSSR count). The van der Waals surface area contributed by atoms with E-state index in [-0.39, 0.29) is 17.7 Å². The van der Waals surface area contributed by atoms with Gasteiger partial charge in [-0.3, -0.25) is 5.43 Å². The normalized spacial score (nSPS) is 36.4. The van der Waals surface area contributed by atoms with Gasteiger partial charge in [0, 0.05) is 11.0 Å².